The van der Waals surface area contributed by atoms with Crippen molar-refractivity contribution >= 4 is 16.6 Å². The number of nitrogens with zero attached hydrogens (tertiary/aromatic N) is 1. The zero-order valence-corrected chi connectivity index (χ0v) is 17.3. The van der Waals surface area contributed by atoms with Crippen LogP contribution in [0, 0.1) is 17.2 Å². The Kier molecular flexibility index (Phi) is 4.11. The third kappa shape index (κ3) is 2.64. The van der Waals surface area contributed by atoms with E-state index < -0.39 is 0 Å². The summed E-state index contributed by atoms with van der Waals surface area (Å²) < 4.78 is 14.9. The van der Waals surface area contributed by atoms with E-state index in [2.05, 4.69) is 51.2 Å². The number of fused-ring (bicyclic) bond motifs is 4. The number of rotatable bonds is 1. The summed E-state index contributed by atoms with van der Waals surface area (Å²) in [5.41, 5.74) is 8.93. The van der Waals surface area contributed by atoms with E-state index in [1.165, 1.54) is 11.1 Å². The minimum absolute atomic E-state index is 0.0446. The lowest BCUT2D eigenvalue weighted by molar-refractivity contribution is 0.277. The summed E-state index contributed by atoms with van der Waals surface area (Å²) in [7, 11) is 0. The van der Waals surface area contributed by atoms with E-state index >= 15 is 0 Å². The van der Waals surface area contributed by atoms with E-state index in [9.17, 15) is 4.39 Å². The zero-order valence-electron chi connectivity index (χ0n) is 17.3. The van der Waals surface area contributed by atoms with Crippen molar-refractivity contribution in [3.63, 3.8) is 0 Å². The van der Waals surface area contributed by atoms with E-state index in [4.69, 9.17) is 0 Å². The van der Waals surface area contributed by atoms with Gasteiger partial charge in [0.05, 0.1) is 5.70 Å². The average molecular weight is 375 g/mol. The minimum atomic E-state index is -0.282. The van der Waals surface area contributed by atoms with Gasteiger partial charge in [-0.25, -0.2) is 4.39 Å². The van der Waals surface area contributed by atoms with Gasteiger partial charge in [-0.15, -0.1) is 0 Å². The first-order chi connectivity index (χ1) is 13.1. The zero-order chi connectivity index (χ0) is 20.4. The molecule has 2 aromatic rings. The molecule has 144 valence electrons. The summed E-state index contributed by atoms with van der Waals surface area (Å²) in [6, 6.07) is 5.50. The summed E-state index contributed by atoms with van der Waals surface area (Å²) in [5, 5.41) is 4.41. The fraction of sp³-hybridized carbons (Fsp3) is 0.320. The topological polar surface area (TPSA) is 24.9 Å². The van der Waals surface area contributed by atoms with Crippen molar-refractivity contribution in [3.8, 4) is 0 Å². The average Bonchev–Trinajstić information content (AvgIpc) is 2.60. The molecule has 0 bridgehead atoms. The molecule has 0 fully saturated rings. The number of hydrogen-bond acceptors (Lipinski definition) is 2. The van der Waals surface area contributed by atoms with Gasteiger partial charge in [0.25, 0.3) is 0 Å². The number of nitrogens with one attached hydrogen (secondary N) is 1. The molecule has 1 atom stereocenters. The predicted molar refractivity (Wildman–Crippen MR) is 115 cm³/mol. The lowest BCUT2D eigenvalue weighted by Crippen LogP contribution is -2.35. The number of hydrogen-bond donors (Lipinski definition) is 1. The van der Waals surface area contributed by atoms with Gasteiger partial charge in [-0.3, -0.25) is 4.98 Å². The molecule has 1 aliphatic carbocycles. The Bertz CT molecular complexity index is 1110. The molecule has 0 spiro atoms. The smallest absolute Gasteiger partial charge is 0.150 e. The van der Waals surface area contributed by atoms with Crippen LogP contribution >= 0.6 is 0 Å². The summed E-state index contributed by atoms with van der Waals surface area (Å²) in [5.74, 6) is 0.00830. The Hall–Kier alpha value is -2.68. The molecule has 2 heterocycles. The van der Waals surface area contributed by atoms with Crippen molar-refractivity contribution < 1.29 is 4.39 Å². The lowest BCUT2D eigenvalue weighted by atomic mass is 9.65. The van der Waals surface area contributed by atoms with E-state index in [0.29, 0.717) is 11.4 Å². The van der Waals surface area contributed by atoms with Crippen molar-refractivity contribution in [1.29, 1.82) is 0 Å². The molecule has 1 aromatic heterocycles. The molecule has 28 heavy (non-hydrogen) atoms. The maximum atomic E-state index is 14.9. The van der Waals surface area contributed by atoms with E-state index in [1.807, 2.05) is 19.1 Å². The Balaban J connectivity index is 2.11. The monoisotopic (exact) mass is 374 g/mol. The van der Waals surface area contributed by atoms with Gasteiger partial charge in [-0.1, -0.05) is 40.0 Å². The maximum absolute atomic E-state index is 14.9. The molecular weight excluding hydrogens is 347 g/mol. The number of aromatic nitrogens is 1. The second-order valence-corrected chi connectivity index (χ2v) is 9.08. The first-order valence-corrected chi connectivity index (χ1v) is 9.75. The number of halogens is 1. The van der Waals surface area contributed by atoms with Crippen molar-refractivity contribution in [3.05, 3.63) is 82.5 Å². The van der Waals surface area contributed by atoms with Crippen molar-refractivity contribution in [2.75, 3.05) is 0 Å². The van der Waals surface area contributed by atoms with Crippen LogP contribution in [0.15, 0.2) is 65.5 Å². The normalized spacial score (nSPS) is 19.5. The standard InChI is InChI=1S/C25H27FN2/c1-13(2)21-14(3)22-19(25(5,6)7)11-17-16-9-8-10-27-23(16)20(26)12-18(17)24(22)28-15(21)4/h8-10,12,19,28H,1,4,11H2,2-3,5-7H3. The minimum Gasteiger partial charge on any atom is -0.355 e. The largest absolute Gasteiger partial charge is 0.355 e. The van der Waals surface area contributed by atoms with Crippen LogP contribution in [0.25, 0.3) is 16.6 Å². The molecule has 3 heteroatoms. The fourth-order valence-electron chi connectivity index (χ4n) is 4.81. The van der Waals surface area contributed by atoms with Crippen LogP contribution in [0.4, 0.5) is 4.39 Å². The number of dihydropyridines is 1. The van der Waals surface area contributed by atoms with Gasteiger partial charge >= 0.3 is 0 Å². The van der Waals surface area contributed by atoms with Gasteiger partial charge < -0.3 is 5.32 Å². The maximum Gasteiger partial charge on any atom is 0.150 e. The highest BCUT2D eigenvalue weighted by atomic mass is 19.1. The number of allylic oxidation sites excluding steroid dienone is 3. The first kappa shape index (κ1) is 18.7. The fourth-order valence-corrected chi connectivity index (χ4v) is 4.81. The summed E-state index contributed by atoms with van der Waals surface area (Å²) in [4.78, 5) is 4.30. The van der Waals surface area contributed by atoms with Gasteiger partial charge in [0.2, 0.25) is 0 Å². The van der Waals surface area contributed by atoms with Crippen LogP contribution in [0.3, 0.4) is 0 Å². The van der Waals surface area contributed by atoms with Gasteiger partial charge in [-0.2, -0.15) is 0 Å². The lowest BCUT2D eigenvalue weighted by Gasteiger charge is -2.42. The summed E-state index contributed by atoms with van der Waals surface area (Å²) in [6.45, 7) is 19.4. The van der Waals surface area contributed by atoms with Gasteiger partial charge in [0, 0.05) is 28.4 Å². The summed E-state index contributed by atoms with van der Waals surface area (Å²) >= 11 is 0. The number of benzene rings is 1. The van der Waals surface area contributed by atoms with Gasteiger partial charge in [-0.05, 0) is 66.0 Å². The van der Waals surface area contributed by atoms with Crippen LogP contribution in [0.5, 0.6) is 0 Å². The second kappa shape index (κ2) is 6.16. The Morgan fingerprint density at radius 3 is 2.68 bits per heavy atom. The molecule has 0 radical (unpaired) electrons. The SMILES string of the molecule is C=C(C)C1=C(C)C2=C(NC1=C)c1cc(F)c3ncccc3c1CC2C(C)(C)C. The first-order valence-electron chi connectivity index (χ1n) is 9.75. The van der Waals surface area contributed by atoms with Crippen molar-refractivity contribution in [1.82, 2.24) is 10.3 Å². The van der Waals surface area contributed by atoms with E-state index in [-0.39, 0.29) is 11.2 Å². The molecule has 0 amide bonds. The van der Waals surface area contributed by atoms with Gasteiger partial charge in [0.15, 0.2) is 0 Å². The third-order valence-electron chi connectivity index (χ3n) is 6.08. The van der Waals surface area contributed by atoms with E-state index in [0.717, 1.165) is 45.5 Å². The molecule has 0 saturated heterocycles. The third-order valence-corrected chi connectivity index (χ3v) is 6.08. The molecule has 4 rings (SSSR count). The van der Waals surface area contributed by atoms with Crippen LogP contribution in [-0.2, 0) is 6.42 Å². The summed E-state index contributed by atoms with van der Waals surface area (Å²) in [6.07, 6.45) is 2.51. The van der Waals surface area contributed by atoms with E-state index in [1.54, 1.807) is 12.3 Å². The van der Waals surface area contributed by atoms with Crippen LogP contribution in [-0.4, -0.2) is 4.98 Å². The highest BCUT2D eigenvalue weighted by molar-refractivity contribution is 5.92. The second-order valence-electron chi connectivity index (χ2n) is 9.08. The van der Waals surface area contributed by atoms with Gasteiger partial charge in [0.1, 0.15) is 11.3 Å². The molecular formula is C25H27FN2. The quantitative estimate of drug-likeness (QED) is 0.632. The Morgan fingerprint density at radius 2 is 2.04 bits per heavy atom. The molecule has 1 aromatic carbocycles. The van der Waals surface area contributed by atoms with Crippen LogP contribution < -0.4 is 5.32 Å². The molecule has 1 unspecified atom stereocenters. The van der Waals surface area contributed by atoms with Crippen molar-refractivity contribution in [2.24, 2.45) is 11.3 Å². The van der Waals surface area contributed by atoms with Crippen LogP contribution in [0.1, 0.15) is 45.7 Å². The molecule has 2 aliphatic rings. The van der Waals surface area contributed by atoms with Crippen molar-refractivity contribution in [2.45, 2.75) is 41.0 Å². The Labute approximate surface area is 166 Å². The molecule has 1 N–H and O–H groups in total. The molecule has 2 nitrogen and oxygen atoms in total. The van der Waals surface area contributed by atoms with Crippen LogP contribution in [0.2, 0.25) is 0 Å². The highest BCUT2D eigenvalue weighted by Gasteiger charge is 2.39. The molecule has 0 saturated carbocycles. The number of pyridine rings is 1. The molecule has 1 aliphatic heterocycles. The highest BCUT2D eigenvalue weighted by Crippen LogP contribution is 2.50. The predicted octanol–water partition coefficient (Wildman–Crippen LogP) is 6.31. The Morgan fingerprint density at radius 1 is 1.32 bits per heavy atom.